The molecule has 0 spiro atoms. The molecule has 0 aromatic rings. The lowest BCUT2D eigenvalue weighted by Gasteiger charge is -2.28. The van der Waals surface area contributed by atoms with E-state index in [-0.39, 0.29) is 0 Å². The van der Waals surface area contributed by atoms with Gasteiger partial charge in [0.25, 0.3) is 0 Å². The zero-order valence-electron chi connectivity index (χ0n) is 9.48. The predicted octanol–water partition coefficient (Wildman–Crippen LogP) is 4.48. The van der Waals surface area contributed by atoms with Crippen LogP contribution in [0.4, 0.5) is 4.39 Å². The van der Waals surface area contributed by atoms with Crippen LogP contribution >= 0.6 is 11.8 Å². The highest BCUT2D eigenvalue weighted by Gasteiger charge is 2.31. The van der Waals surface area contributed by atoms with Crippen molar-refractivity contribution in [3.8, 4) is 0 Å². The maximum atomic E-state index is 14.3. The van der Waals surface area contributed by atoms with Gasteiger partial charge in [0, 0.05) is 5.57 Å². The summed E-state index contributed by atoms with van der Waals surface area (Å²) >= 11 is 1.70. The second-order valence-electron chi connectivity index (χ2n) is 3.98. The molecule has 1 rings (SSSR count). The maximum absolute atomic E-state index is 14.3. The van der Waals surface area contributed by atoms with Crippen LogP contribution in [0.1, 0.15) is 40.0 Å². The van der Waals surface area contributed by atoms with Crippen molar-refractivity contribution in [3.05, 3.63) is 22.1 Å². The van der Waals surface area contributed by atoms with Crippen molar-refractivity contribution < 1.29 is 4.39 Å². The van der Waals surface area contributed by atoms with Crippen LogP contribution in [-0.2, 0) is 0 Å². The highest BCUT2D eigenvalue weighted by atomic mass is 32.2. The molecule has 0 saturated carbocycles. The van der Waals surface area contributed by atoms with E-state index in [0.29, 0.717) is 6.42 Å². The molecule has 1 aliphatic rings. The Labute approximate surface area is 90.7 Å². The van der Waals surface area contributed by atoms with E-state index in [4.69, 9.17) is 0 Å². The molecule has 1 atom stereocenters. The maximum Gasteiger partial charge on any atom is 0.134 e. The summed E-state index contributed by atoms with van der Waals surface area (Å²) in [6.45, 7) is 5.63. The normalized spacial score (nSPS) is 21.9. The minimum atomic E-state index is -1.15. The molecule has 2 heteroatoms. The Morgan fingerprint density at radius 3 is 2.71 bits per heavy atom. The standard InChI is InChI=1S/C12H19FS/c1-5-12(3,13)11-9(2)7-6-8-10(11)14-4/h7H,5-6,8H2,1-4H3. The van der Waals surface area contributed by atoms with Gasteiger partial charge in [-0.15, -0.1) is 11.8 Å². The Morgan fingerprint density at radius 1 is 1.57 bits per heavy atom. The van der Waals surface area contributed by atoms with E-state index in [1.54, 1.807) is 18.7 Å². The van der Waals surface area contributed by atoms with Gasteiger partial charge in [0.2, 0.25) is 0 Å². The van der Waals surface area contributed by atoms with E-state index in [0.717, 1.165) is 24.0 Å². The highest BCUT2D eigenvalue weighted by Crippen LogP contribution is 2.40. The van der Waals surface area contributed by atoms with Gasteiger partial charge in [0.05, 0.1) is 0 Å². The molecule has 0 aliphatic heterocycles. The third kappa shape index (κ3) is 2.22. The van der Waals surface area contributed by atoms with Crippen molar-refractivity contribution in [2.24, 2.45) is 0 Å². The molecular weight excluding hydrogens is 195 g/mol. The number of thioether (sulfide) groups is 1. The quantitative estimate of drug-likeness (QED) is 0.667. The number of allylic oxidation sites excluding steroid dienone is 4. The second kappa shape index (κ2) is 4.52. The van der Waals surface area contributed by atoms with Crippen LogP contribution in [-0.4, -0.2) is 11.9 Å². The van der Waals surface area contributed by atoms with Gasteiger partial charge in [-0.1, -0.05) is 13.0 Å². The highest BCUT2D eigenvalue weighted by molar-refractivity contribution is 8.02. The van der Waals surface area contributed by atoms with E-state index in [2.05, 4.69) is 6.08 Å². The summed E-state index contributed by atoms with van der Waals surface area (Å²) in [6, 6.07) is 0. The first-order valence-corrected chi connectivity index (χ1v) is 6.39. The van der Waals surface area contributed by atoms with Gasteiger partial charge >= 0.3 is 0 Å². The molecule has 0 aromatic heterocycles. The Balaban J connectivity index is 3.12. The van der Waals surface area contributed by atoms with E-state index in [1.807, 2.05) is 20.1 Å². The van der Waals surface area contributed by atoms with Crippen LogP contribution in [0, 0.1) is 0 Å². The number of hydrogen-bond donors (Lipinski definition) is 0. The first-order chi connectivity index (χ1) is 6.53. The molecule has 0 fully saturated rings. The van der Waals surface area contributed by atoms with E-state index in [9.17, 15) is 4.39 Å². The molecule has 0 radical (unpaired) electrons. The van der Waals surface area contributed by atoms with Gasteiger partial charge in [-0.05, 0) is 49.8 Å². The van der Waals surface area contributed by atoms with E-state index < -0.39 is 5.67 Å². The number of hydrogen-bond acceptors (Lipinski definition) is 1. The molecule has 1 unspecified atom stereocenters. The Hall–Kier alpha value is -0.240. The van der Waals surface area contributed by atoms with Crippen molar-refractivity contribution in [3.63, 3.8) is 0 Å². The number of rotatable bonds is 3. The molecule has 0 aromatic carbocycles. The SMILES string of the molecule is CCC(C)(F)C1=C(SC)CCC=C1C. The predicted molar refractivity (Wildman–Crippen MR) is 63.3 cm³/mol. The summed E-state index contributed by atoms with van der Waals surface area (Å²) < 4.78 is 14.3. The molecule has 0 bridgehead atoms. The lowest BCUT2D eigenvalue weighted by Crippen LogP contribution is -2.23. The lowest BCUT2D eigenvalue weighted by atomic mass is 9.85. The fourth-order valence-electron chi connectivity index (χ4n) is 1.95. The Morgan fingerprint density at radius 2 is 2.21 bits per heavy atom. The van der Waals surface area contributed by atoms with Crippen molar-refractivity contribution in [1.82, 2.24) is 0 Å². The summed E-state index contributed by atoms with van der Waals surface area (Å²) in [5, 5.41) is 0. The van der Waals surface area contributed by atoms with E-state index in [1.165, 1.54) is 4.91 Å². The van der Waals surface area contributed by atoms with Gasteiger partial charge in [-0.2, -0.15) is 0 Å². The van der Waals surface area contributed by atoms with Crippen LogP contribution in [0.25, 0.3) is 0 Å². The van der Waals surface area contributed by atoms with Crippen LogP contribution in [0.2, 0.25) is 0 Å². The van der Waals surface area contributed by atoms with Crippen LogP contribution in [0.3, 0.4) is 0 Å². The van der Waals surface area contributed by atoms with Crippen LogP contribution in [0.15, 0.2) is 22.1 Å². The van der Waals surface area contributed by atoms with Crippen molar-refractivity contribution in [2.45, 2.75) is 45.7 Å². The summed E-state index contributed by atoms with van der Waals surface area (Å²) in [5.74, 6) is 0. The fourth-order valence-corrected chi connectivity index (χ4v) is 2.85. The molecule has 0 nitrogen and oxygen atoms in total. The largest absolute Gasteiger partial charge is 0.239 e. The van der Waals surface area contributed by atoms with Crippen molar-refractivity contribution in [2.75, 3.05) is 6.26 Å². The number of halogens is 1. The van der Waals surface area contributed by atoms with Crippen molar-refractivity contribution >= 4 is 11.8 Å². The summed E-state index contributed by atoms with van der Waals surface area (Å²) in [7, 11) is 0. The second-order valence-corrected chi connectivity index (χ2v) is 4.88. The smallest absolute Gasteiger partial charge is 0.134 e. The molecular formula is C12H19FS. The molecule has 0 N–H and O–H groups in total. The first-order valence-electron chi connectivity index (χ1n) is 5.16. The summed E-state index contributed by atoms with van der Waals surface area (Å²) in [5.41, 5.74) is 0.922. The minimum absolute atomic E-state index is 0.553. The number of alkyl halides is 1. The Bertz CT molecular complexity index is 274. The van der Waals surface area contributed by atoms with Gasteiger partial charge in [-0.3, -0.25) is 0 Å². The fraction of sp³-hybridized carbons (Fsp3) is 0.667. The molecule has 0 heterocycles. The zero-order valence-corrected chi connectivity index (χ0v) is 10.3. The van der Waals surface area contributed by atoms with Crippen molar-refractivity contribution in [1.29, 1.82) is 0 Å². The third-order valence-corrected chi connectivity index (χ3v) is 3.83. The average molecular weight is 214 g/mol. The lowest BCUT2D eigenvalue weighted by molar-refractivity contribution is 0.233. The molecule has 0 saturated heterocycles. The molecule has 14 heavy (non-hydrogen) atoms. The summed E-state index contributed by atoms with van der Waals surface area (Å²) in [4.78, 5) is 1.23. The monoisotopic (exact) mass is 214 g/mol. The topological polar surface area (TPSA) is 0 Å². The zero-order chi connectivity index (χ0) is 10.8. The summed E-state index contributed by atoms with van der Waals surface area (Å²) in [6.07, 6.45) is 6.82. The first kappa shape index (κ1) is 11.8. The van der Waals surface area contributed by atoms with Crippen LogP contribution in [0.5, 0.6) is 0 Å². The van der Waals surface area contributed by atoms with Gasteiger partial charge in [0.15, 0.2) is 0 Å². The minimum Gasteiger partial charge on any atom is -0.239 e. The average Bonchev–Trinajstić information content (AvgIpc) is 2.17. The van der Waals surface area contributed by atoms with Gasteiger partial charge in [-0.25, -0.2) is 4.39 Å². The molecule has 80 valence electrons. The van der Waals surface area contributed by atoms with Gasteiger partial charge in [0.1, 0.15) is 5.67 Å². The molecule has 0 amide bonds. The Kier molecular flexibility index (Phi) is 3.82. The van der Waals surface area contributed by atoms with E-state index >= 15 is 0 Å². The molecule has 1 aliphatic carbocycles. The van der Waals surface area contributed by atoms with Crippen LogP contribution < -0.4 is 0 Å². The third-order valence-electron chi connectivity index (χ3n) is 2.93. The van der Waals surface area contributed by atoms with Gasteiger partial charge < -0.3 is 0 Å².